The lowest BCUT2D eigenvalue weighted by atomic mass is 10.1. The first-order valence-corrected chi connectivity index (χ1v) is 13.0. The second-order valence-electron chi connectivity index (χ2n) is 8.51. The number of amides is 1. The van der Waals surface area contributed by atoms with Crippen molar-refractivity contribution in [2.24, 2.45) is 0 Å². The third kappa shape index (κ3) is 8.25. The van der Waals surface area contributed by atoms with Crippen molar-refractivity contribution >= 4 is 28.2 Å². The summed E-state index contributed by atoms with van der Waals surface area (Å²) in [7, 11) is 1.47. The van der Waals surface area contributed by atoms with Crippen molar-refractivity contribution in [2.45, 2.75) is 38.5 Å². The van der Waals surface area contributed by atoms with E-state index in [1.165, 1.54) is 30.1 Å². The number of nitrogens with zero attached hydrogens (tertiary/aromatic N) is 4. The van der Waals surface area contributed by atoms with E-state index in [4.69, 9.17) is 4.74 Å². The van der Waals surface area contributed by atoms with Crippen LogP contribution in [0, 0.1) is 0 Å². The number of phenolic OH excluding ortho intramolecular Hbond substituents is 1. The highest BCUT2D eigenvalue weighted by Gasteiger charge is 2.11. The minimum Gasteiger partial charge on any atom is -0.504 e. The average molecular weight is 519 g/mol. The zero-order chi connectivity index (χ0) is 25.9. The molecule has 192 valence electrons. The molecular weight excluding hydrogens is 488 g/mol. The van der Waals surface area contributed by atoms with Crippen molar-refractivity contribution in [3.05, 3.63) is 82.5 Å². The van der Waals surface area contributed by atoms with Gasteiger partial charge in [0.15, 0.2) is 11.5 Å². The number of ether oxygens (including phenoxy) is 1. The Balaban J connectivity index is 1.14. The van der Waals surface area contributed by atoms with Gasteiger partial charge < -0.3 is 20.5 Å². The molecule has 0 saturated heterocycles. The Labute approximate surface area is 220 Å². The highest BCUT2D eigenvalue weighted by atomic mass is 32.1. The standard InChI is InChI=1S/C27H30N6O3S/c1-36-23-17-20(11-13-22(23)34)18-25(35)29-27-33-32-26(37-27)10-6-5-9-21-12-14-24(31-30-21)28-16-15-19-7-3-2-4-8-19/h2-4,7-8,11-14,17,34H,5-6,9-10,15-16,18H2,1H3,(H,28,31)(H,29,33,35). The molecule has 1 amide bonds. The first-order valence-electron chi connectivity index (χ1n) is 12.2. The Morgan fingerprint density at radius 1 is 0.919 bits per heavy atom. The second kappa shape index (κ2) is 13.3. The molecular formula is C27H30N6O3S. The summed E-state index contributed by atoms with van der Waals surface area (Å²) < 4.78 is 5.08. The lowest BCUT2D eigenvalue weighted by Crippen LogP contribution is -2.14. The van der Waals surface area contributed by atoms with Crippen molar-refractivity contribution in [2.75, 3.05) is 24.3 Å². The molecule has 9 nitrogen and oxygen atoms in total. The highest BCUT2D eigenvalue weighted by molar-refractivity contribution is 7.15. The lowest BCUT2D eigenvalue weighted by Gasteiger charge is -2.06. The number of aryl methyl sites for hydroxylation is 2. The SMILES string of the molecule is COc1cc(CC(=O)Nc2nnc(CCCCc3ccc(NCCc4ccccc4)nn3)s2)ccc1O. The van der Waals surface area contributed by atoms with Crippen molar-refractivity contribution < 1.29 is 14.6 Å². The van der Waals surface area contributed by atoms with E-state index in [0.717, 1.165) is 60.7 Å². The molecule has 0 atom stereocenters. The summed E-state index contributed by atoms with van der Waals surface area (Å²) in [5, 5.41) is 34.0. The van der Waals surface area contributed by atoms with Crippen molar-refractivity contribution in [1.29, 1.82) is 0 Å². The molecule has 0 aliphatic heterocycles. The van der Waals surface area contributed by atoms with E-state index in [0.29, 0.717) is 10.9 Å². The van der Waals surface area contributed by atoms with Crippen molar-refractivity contribution in [1.82, 2.24) is 20.4 Å². The molecule has 0 spiro atoms. The summed E-state index contributed by atoms with van der Waals surface area (Å²) in [5.41, 5.74) is 2.99. The number of nitrogens with one attached hydrogen (secondary N) is 2. The van der Waals surface area contributed by atoms with Crippen LogP contribution in [-0.4, -0.2) is 45.1 Å². The van der Waals surface area contributed by atoms with Gasteiger partial charge in [-0.25, -0.2) is 0 Å². The topological polar surface area (TPSA) is 122 Å². The van der Waals surface area contributed by atoms with Gasteiger partial charge in [0, 0.05) is 13.0 Å². The fourth-order valence-electron chi connectivity index (χ4n) is 3.74. The summed E-state index contributed by atoms with van der Waals surface area (Å²) >= 11 is 1.38. The number of aromatic nitrogens is 4. The van der Waals surface area contributed by atoms with Crippen LogP contribution in [0.2, 0.25) is 0 Å². The van der Waals surface area contributed by atoms with Crippen LogP contribution < -0.4 is 15.4 Å². The summed E-state index contributed by atoms with van der Waals surface area (Å²) in [6, 6.07) is 19.2. The van der Waals surface area contributed by atoms with Gasteiger partial charge in [-0.05, 0) is 61.1 Å². The second-order valence-corrected chi connectivity index (χ2v) is 9.57. The van der Waals surface area contributed by atoms with Gasteiger partial charge in [-0.1, -0.05) is 47.7 Å². The van der Waals surface area contributed by atoms with E-state index >= 15 is 0 Å². The van der Waals surface area contributed by atoms with Gasteiger partial charge in [-0.3, -0.25) is 4.79 Å². The third-order valence-electron chi connectivity index (χ3n) is 5.68. The van der Waals surface area contributed by atoms with Crippen LogP contribution in [0.5, 0.6) is 11.5 Å². The molecule has 2 heterocycles. The number of rotatable bonds is 13. The van der Waals surface area contributed by atoms with E-state index < -0.39 is 0 Å². The Bertz CT molecular complexity index is 1280. The number of hydrogen-bond acceptors (Lipinski definition) is 9. The smallest absolute Gasteiger partial charge is 0.230 e. The normalized spacial score (nSPS) is 10.7. The molecule has 4 rings (SSSR count). The molecule has 37 heavy (non-hydrogen) atoms. The Kier molecular flexibility index (Phi) is 9.36. The number of carbonyl (C=O) groups excluding carboxylic acids is 1. The number of methoxy groups -OCH3 is 1. The molecule has 4 aromatic rings. The molecule has 0 radical (unpaired) electrons. The molecule has 0 bridgehead atoms. The highest BCUT2D eigenvalue weighted by Crippen LogP contribution is 2.26. The third-order valence-corrected chi connectivity index (χ3v) is 6.58. The molecule has 2 aromatic heterocycles. The minimum absolute atomic E-state index is 0.0380. The van der Waals surface area contributed by atoms with Gasteiger partial charge in [0.05, 0.1) is 19.2 Å². The van der Waals surface area contributed by atoms with Crippen LogP contribution >= 0.6 is 11.3 Å². The van der Waals surface area contributed by atoms with Gasteiger partial charge in [-0.2, -0.15) is 5.10 Å². The van der Waals surface area contributed by atoms with Crippen LogP contribution in [0.3, 0.4) is 0 Å². The maximum atomic E-state index is 12.3. The zero-order valence-electron chi connectivity index (χ0n) is 20.7. The van der Waals surface area contributed by atoms with Gasteiger partial charge in [0.2, 0.25) is 11.0 Å². The number of unbranched alkanes of at least 4 members (excludes halogenated alkanes) is 1. The van der Waals surface area contributed by atoms with Gasteiger partial charge >= 0.3 is 0 Å². The summed E-state index contributed by atoms with van der Waals surface area (Å²) in [4.78, 5) is 12.3. The molecule has 0 aliphatic carbocycles. The monoisotopic (exact) mass is 518 g/mol. The largest absolute Gasteiger partial charge is 0.504 e. The quantitative estimate of drug-likeness (QED) is 0.222. The number of carbonyl (C=O) groups is 1. The molecule has 0 unspecified atom stereocenters. The molecule has 3 N–H and O–H groups in total. The maximum Gasteiger partial charge on any atom is 0.230 e. The predicted molar refractivity (Wildman–Crippen MR) is 144 cm³/mol. The van der Waals surface area contributed by atoms with Crippen LogP contribution in [0.4, 0.5) is 10.9 Å². The number of phenols is 1. The minimum atomic E-state index is -0.202. The number of hydrogen-bond donors (Lipinski definition) is 3. The average Bonchev–Trinajstić information content (AvgIpc) is 3.36. The van der Waals surface area contributed by atoms with E-state index in [2.05, 4.69) is 43.2 Å². The molecule has 0 saturated carbocycles. The number of benzene rings is 2. The Hall–Kier alpha value is -4.05. The molecule has 10 heteroatoms. The van der Waals surface area contributed by atoms with E-state index in [9.17, 15) is 9.90 Å². The molecule has 0 aliphatic rings. The van der Waals surface area contributed by atoms with E-state index in [-0.39, 0.29) is 18.1 Å². The van der Waals surface area contributed by atoms with Gasteiger partial charge in [0.25, 0.3) is 0 Å². The maximum absolute atomic E-state index is 12.3. The lowest BCUT2D eigenvalue weighted by molar-refractivity contribution is -0.115. The molecule has 2 aromatic carbocycles. The van der Waals surface area contributed by atoms with Crippen LogP contribution in [0.15, 0.2) is 60.7 Å². The Morgan fingerprint density at radius 2 is 1.76 bits per heavy atom. The number of aromatic hydroxyl groups is 1. The molecule has 0 fully saturated rings. The van der Waals surface area contributed by atoms with Crippen molar-refractivity contribution in [3.63, 3.8) is 0 Å². The summed E-state index contributed by atoms with van der Waals surface area (Å²) in [6.07, 6.45) is 4.61. The van der Waals surface area contributed by atoms with Crippen LogP contribution in [0.1, 0.15) is 34.7 Å². The van der Waals surface area contributed by atoms with E-state index in [1.54, 1.807) is 12.1 Å². The van der Waals surface area contributed by atoms with Crippen molar-refractivity contribution in [3.8, 4) is 11.5 Å². The summed E-state index contributed by atoms with van der Waals surface area (Å²) in [6.45, 7) is 0.813. The van der Waals surface area contributed by atoms with Gasteiger partial charge in [0.1, 0.15) is 10.8 Å². The van der Waals surface area contributed by atoms with Crippen LogP contribution in [0.25, 0.3) is 0 Å². The van der Waals surface area contributed by atoms with E-state index in [1.807, 2.05) is 30.3 Å². The zero-order valence-corrected chi connectivity index (χ0v) is 21.5. The van der Waals surface area contributed by atoms with Crippen LogP contribution in [-0.2, 0) is 30.5 Å². The fraction of sp³-hybridized carbons (Fsp3) is 0.296. The Morgan fingerprint density at radius 3 is 2.54 bits per heavy atom. The predicted octanol–water partition coefficient (Wildman–Crippen LogP) is 4.44. The summed E-state index contributed by atoms with van der Waals surface area (Å²) in [5.74, 6) is 0.955. The van der Waals surface area contributed by atoms with Gasteiger partial charge in [-0.15, -0.1) is 15.3 Å². The first kappa shape index (κ1) is 26.0. The first-order chi connectivity index (χ1) is 18.1. The fourth-order valence-corrected chi connectivity index (χ4v) is 4.53. The number of anilines is 2.